The van der Waals surface area contributed by atoms with Gasteiger partial charge in [-0.1, -0.05) is 42.5 Å². The quantitative estimate of drug-likeness (QED) is 0.458. The summed E-state index contributed by atoms with van der Waals surface area (Å²) < 4.78 is 1.13. The van der Waals surface area contributed by atoms with Crippen LogP contribution in [0.1, 0.15) is 27.8 Å². The molecule has 9 heteroatoms. The minimum atomic E-state index is -0.937. The number of carbonyl (C=O) groups is 1. The summed E-state index contributed by atoms with van der Waals surface area (Å²) in [7, 11) is 0. The van der Waals surface area contributed by atoms with Crippen molar-refractivity contribution in [3.8, 4) is 0 Å². The molecule has 142 valence electrons. The molecule has 0 saturated carbocycles. The summed E-state index contributed by atoms with van der Waals surface area (Å²) in [6.45, 7) is -0.474. The van der Waals surface area contributed by atoms with Gasteiger partial charge >= 0.3 is 0 Å². The van der Waals surface area contributed by atoms with Gasteiger partial charge in [0.15, 0.2) is 0 Å². The molecule has 0 aliphatic rings. The second kappa shape index (κ2) is 8.21. The summed E-state index contributed by atoms with van der Waals surface area (Å²) in [6, 6.07) is 15.8. The van der Waals surface area contributed by atoms with Crippen molar-refractivity contribution in [2.45, 2.75) is 11.8 Å². The number of hydrogen-bond acceptors (Lipinski definition) is 6. The average Bonchev–Trinajstić information content (AvgIpc) is 3.23. The summed E-state index contributed by atoms with van der Waals surface area (Å²) >= 11 is 0. The highest BCUT2D eigenvalue weighted by Crippen LogP contribution is 2.35. The first-order valence-corrected chi connectivity index (χ1v) is 8.42. The molecule has 0 amide bonds. The van der Waals surface area contributed by atoms with Gasteiger partial charge in [0, 0.05) is 29.4 Å². The van der Waals surface area contributed by atoms with Crippen LogP contribution in [0.15, 0.2) is 73.1 Å². The molecule has 0 aliphatic heterocycles. The van der Waals surface area contributed by atoms with E-state index in [0.717, 1.165) is 4.68 Å². The molecule has 3 aromatic rings. The second-order valence-corrected chi connectivity index (χ2v) is 6.15. The molecule has 0 radical (unpaired) electrons. The van der Waals surface area contributed by atoms with Crippen LogP contribution in [0.2, 0.25) is 0 Å². The normalized spacial score (nSPS) is 12.9. The molecule has 0 saturated heterocycles. The van der Waals surface area contributed by atoms with E-state index < -0.39 is 34.1 Å². The molecule has 0 bridgehead atoms. The van der Waals surface area contributed by atoms with Crippen LogP contribution < -0.4 is 0 Å². The van der Waals surface area contributed by atoms with Crippen LogP contribution >= 0.6 is 0 Å². The molecule has 28 heavy (non-hydrogen) atoms. The van der Waals surface area contributed by atoms with Gasteiger partial charge in [0.05, 0.1) is 16.8 Å². The van der Waals surface area contributed by atoms with Gasteiger partial charge < -0.3 is 0 Å². The molecule has 2 atom stereocenters. The first-order valence-electron chi connectivity index (χ1n) is 8.42. The molecular weight excluding hydrogens is 364 g/mol. The minimum Gasteiger partial charge on any atom is -0.272 e. The van der Waals surface area contributed by atoms with E-state index in [1.807, 2.05) is 0 Å². The number of nitro benzene ring substituents is 1. The third kappa shape index (κ3) is 4.09. The SMILES string of the molecule is O=C([C@@H](c1ccc([N+](=O)[O-])cc1)[C@H](C[N+](=O)[O-])c1ccccc1)n1cccn1. The number of hydrogen-bond donors (Lipinski definition) is 0. The van der Waals surface area contributed by atoms with Crippen LogP contribution in [0.3, 0.4) is 0 Å². The van der Waals surface area contributed by atoms with Crippen LogP contribution in [0.25, 0.3) is 0 Å². The van der Waals surface area contributed by atoms with Crippen molar-refractivity contribution in [3.05, 3.63) is 104 Å². The van der Waals surface area contributed by atoms with Crippen LogP contribution in [-0.4, -0.2) is 32.1 Å². The maximum atomic E-state index is 13.2. The molecule has 2 aromatic carbocycles. The smallest absolute Gasteiger partial charge is 0.269 e. The summed E-state index contributed by atoms with van der Waals surface area (Å²) in [5, 5.41) is 26.2. The minimum absolute atomic E-state index is 0.125. The molecule has 0 unspecified atom stereocenters. The average molecular weight is 380 g/mol. The lowest BCUT2D eigenvalue weighted by Gasteiger charge is -2.24. The fourth-order valence-electron chi connectivity index (χ4n) is 3.16. The van der Waals surface area contributed by atoms with Gasteiger partial charge in [0.2, 0.25) is 6.54 Å². The Morgan fingerprint density at radius 2 is 1.64 bits per heavy atom. The fraction of sp³-hybridized carbons (Fsp3) is 0.158. The summed E-state index contributed by atoms with van der Waals surface area (Å²) in [4.78, 5) is 34.5. The van der Waals surface area contributed by atoms with E-state index in [9.17, 15) is 25.0 Å². The molecule has 0 spiro atoms. The van der Waals surface area contributed by atoms with Gasteiger partial charge in [-0.15, -0.1) is 0 Å². The maximum Gasteiger partial charge on any atom is 0.269 e. The Morgan fingerprint density at radius 3 is 2.18 bits per heavy atom. The van der Waals surface area contributed by atoms with Crippen LogP contribution in [-0.2, 0) is 0 Å². The van der Waals surface area contributed by atoms with Crippen molar-refractivity contribution >= 4 is 11.6 Å². The molecule has 0 fully saturated rings. The van der Waals surface area contributed by atoms with Gasteiger partial charge in [0.1, 0.15) is 0 Å². The number of rotatable bonds is 7. The summed E-state index contributed by atoms with van der Waals surface area (Å²) in [5.41, 5.74) is 0.949. The van der Waals surface area contributed by atoms with E-state index in [-0.39, 0.29) is 5.69 Å². The number of nitrogens with zero attached hydrogens (tertiary/aromatic N) is 4. The van der Waals surface area contributed by atoms with Gasteiger partial charge in [0.25, 0.3) is 11.6 Å². The zero-order chi connectivity index (χ0) is 20.1. The lowest BCUT2D eigenvalue weighted by molar-refractivity contribution is -0.483. The Balaban J connectivity index is 2.11. The van der Waals surface area contributed by atoms with E-state index in [4.69, 9.17) is 0 Å². The Morgan fingerprint density at radius 1 is 0.964 bits per heavy atom. The van der Waals surface area contributed by atoms with Crippen molar-refractivity contribution in [2.75, 3.05) is 6.54 Å². The lowest BCUT2D eigenvalue weighted by atomic mass is 9.80. The number of carbonyl (C=O) groups excluding carboxylic acids is 1. The third-order valence-corrected chi connectivity index (χ3v) is 4.44. The van der Waals surface area contributed by atoms with Gasteiger partial charge in [-0.25, -0.2) is 4.68 Å². The predicted octanol–water partition coefficient (Wildman–Crippen LogP) is 3.28. The van der Waals surface area contributed by atoms with Crippen molar-refractivity contribution < 1.29 is 14.6 Å². The molecule has 3 rings (SSSR count). The third-order valence-electron chi connectivity index (χ3n) is 4.44. The molecule has 0 N–H and O–H groups in total. The largest absolute Gasteiger partial charge is 0.272 e. The highest BCUT2D eigenvalue weighted by atomic mass is 16.6. The number of benzene rings is 2. The van der Waals surface area contributed by atoms with Gasteiger partial charge in [-0.3, -0.25) is 25.0 Å². The Kier molecular flexibility index (Phi) is 5.54. The van der Waals surface area contributed by atoms with E-state index in [1.54, 1.807) is 36.4 Å². The zero-order valence-electron chi connectivity index (χ0n) is 14.6. The molecular formula is C19H16N4O5. The topological polar surface area (TPSA) is 121 Å². The Bertz CT molecular complexity index is 971. The zero-order valence-corrected chi connectivity index (χ0v) is 14.6. The molecule has 1 aromatic heterocycles. The maximum absolute atomic E-state index is 13.2. The van der Waals surface area contributed by atoms with Gasteiger partial charge in [-0.05, 0) is 17.2 Å². The summed E-state index contributed by atoms with van der Waals surface area (Å²) in [5.74, 6) is -2.16. The highest BCUT2D eigenvalue weighted by molar-refractivity contribution is 5.86. The van der Waals surface area contributed by atoms with Gasteiger partial charge in [-0.2, -0.15) is 5.10 Å². The predicted molar refractivity (Wildman–Crippen MR) is 99.7 cm³/mol. The Hall–Kier alpha value is -3.88. The van der Waals surface area contributed by atoms with Crippen molar-refractivity contribution in [2.24, 2.45) is 0 Å². The first kappa shape index (κ1) is 18.9. The molecule has 1 heterocycles. The number of aromatic nitrogens is 2. The van der Waals surface area contributed by atoms with E-state index in [2.05, 4.69) is 5.10 Å². The van der Waals surface area contributed by atoms with Crippen LogP contribution in [0.5, 0.6) is 0 Å². The number of nitro groups is 2. The number of non-ortho nitro benzene ring substituents is 1. The van der Waals surface area contributed by atoms with Crippen LogP contribution in [0, 0.1) is 20.2 Å². The van der Waals surface area contributed by atoms with E-state index in [1.165, 1.54) is 36.7 Å². The molecule has 0 aliphatic carbocycles. The van der Waals surface area contributed by atoms with Crippen molar-refractivity contribution in [1.82, 2.24) is 9.78 Å². The lowest BCUT2D eigenvalue weighted by Crippen LogP contribution is -2.30. The van der Waals surface area contributed by atoms with Crippen molar-refractivity contribution in [1.29, 1.82) is 0 Å². The van der Waals surface area contributed by atoms with E-state index >= 15 is 0 Å². The molecule has 9 nitrogen and oxygen atoms in total. The monoisotopic (exact) mass is 380 g/mol. The highest BCUT2D eigenvalue weighted by Gasteiger charge is 2.36. The first-order chi connectivity index (χ1) is 13.5. The van der Waals surface area contributed by atoms with Crippen LogP contribution in [0.4, 0.5) is 5.69 Å². The Labute approximate surface area is 159 Å². The van der Waals surface area contributed by atoms with Crippen molar-refractivity contribution in [3.63, 3.8) is 0 Å². The second-order valence-electron chi connectivity index (χ2n) is 6.15. The van der Waals surface area contributed by atoms with E-state index in [0.29, 0.717) is 11.1 Å². The standard InChI is InChI=1S/C19H16N4O5/c24-19(21-12-4-11-20-21)18(15-7-9-16(10-8-15)23(27)28)17(13-22(25)26)14-5-2-1-3-6-14/h1-12,17-18H,13H2/t17-,18+/m1/s1. The summed E-state index contributed by atoms with van der Waals surface area (Å²) in [6.07, 6.45) is 2.91. The fourth-order valence-corrected chi connectivity index (χ4v) is 3.16.